The van der Waals surface area contributed by atoms with Crippen molar-refractivity contribution in [2.45, 2.75) is 12.8 Å². The highest BCUT2D eigenvalue weighted by molar-refractivity contribution is 6.33. The minimum atomic E-state index is -0.419. The zero-order valence-corrected chi connectivity index (χ0v) is 10.4. The molecule has 17 heavy (non-hydrogen) atoms. The molecule has 0 unspecified atom stereocenters. The summed E-state index contributed by atoms with van der Waals surface area (Å²) in [6.45, 7) is 0. The van der Waals surface area contributed by atoms with E-state index in [-0.39, 0.29) is 5.56 Å². The van der Waals surface area contributed by atoms with Gasteiger partial charge in [-0.25, -0.2) is 9.37 Å². The van der Waals surface area contributed by atoms with Gasteiger partial charge in [0, 0.05) is 12.3 Å². The van der Waals surface area contributed by atoms with Crippen LogP contribution in [-0.2, 0) is 6.42 Å². The monoisotopic (exact) mass is 273 g/mol. The van der Waals surface area contributed by atoms with Crippen molar-refractivity contribution in [3.8, 4) is 11.3 Å². The van der Waals surface area contributed by atoms with Crippen LogP contribution < -0.4 is 0 Å². The Kier molecular flexibility index (Phi) is 4.02. The van der Waals surface area contributed by atoms with E-state index in [4.69, 9.17) is 27.6 Å². The average molecular weight is 274 g/mol. The molecule has 0 bridgehead atoms. The molecule has 0 aliphatic heterocycles. The van der Waals surface area contributed by atoms with E-state index in [1.807, 2.05) is 0 Å². The lowest BCUT2D eigenvalue weighted by Gasteiger charge is -2.01. The predicted octanol–water partition coefficient (Wildman–Crippen LogP) is 4.31. The van der Waals surface area contributed by atoms with Crippen LogP contribution in [0.15, 0.2) is 28.8 Å². The Morgan fingerprint density at radius 2 is 2.18 bits per heavy atom. The molecule has 0 radical (unpaired) electrons. The number of benzene rings is 1. The Morgan fingerprint density at radius 3 is 2.88 bits per heavy atom. The lowest BCUT2D eigenvalue weighted by Crippen LogP contribution is -1.85. The largest absolute Gasteiger partial charge is 0.441 e. The van der Waals surface area contributed by atoms with Crippen molar-refractivity contribution < 1.29 is 8.81 Å². The Morgan fingerprint density at radius 1 is 1.35 bits per heavy atom. The van der Waals surface area contributed by atoms with Gasteiger partial charge >= 0.3 is 0 Å². The zero-order valence-electron chi connectivity index (χ0n) is 8.92. The molecule has 0 aliphatic carbocycles. The summed E-state index contributed by atoms with van der Waals surface area (Å²) in [5, 5.41) is 0.310. The number of oxazole rings is 1. The van der Waals surface area contributed by atoms with Crippen molar-refractivity contribution in [2.75, 3.05) is 5.88 Å². The maximum Gasteiger partial charge on any atom is 0.194 e. The Hall–Kier alpha value is -1.06. The molecule has 1 aromatic carbocycles. The van der Waals surface area contributed by atoms with Gasteiger partial charge in [0.1, 0.15) is 5.82 Å². The summed E-state index contributed by atoms with van der Waals surface area (Å²) in [6, 6.07) is 4.50. The van der Waals surface area contributed by atoms with E-state index in [0.29, 0.717) is 29.0 Å². The Balaban J connectivity index is 2.30. The zero-order chi connectivity index (χ0) is 12.3. The number of aryl methyl sites for hydroxylation is 1. The first kappa shape index (κ1) is 12.4. The molecule has 0 aliphatic rings. The van der Waals surface area contributed by atoms with E-state index in [2.05, 4.69) is 4.98 Å². The second-order valence-corrected chi connectivity index (χ2v) is 4.29. The first-order chi connectivity index (χ1) is 8.22. The standard InChI is InChI=1S/C12H10Cl2FNO/c13-6-2-5-11-16-7-10(17-11)12-8(14)3-1-4-9(12)15/h1,3-4,7H,2,5-6H2. The van der Waals surface area contributed by atoms with Crippen molar-refractivity contribution in [2.24, 2.45) is 0 Å². The lowest BCUT2D eigenvalue weighted by atomic mass is 10.2. The van der Waals surface area contributed by atoms with Gasteiger partial charge in [0.2, 0.25) is 0 Å². The number of hydrogen-bond donors (Lipinski definition) is 0. The average Bonchev–Trinajstić information content (AvgIpc) is 2.75. The quantitative estimate of drug-likeness (QED) is 0.776. The minimum Gasteiger partial charge on any atom is -0.441 e. The van der Waals surface area contributed by atoms with Gasteiger partial charge < -0.3 is 4.42 Å². The third kappa shape index (κ3) is 2.79. The summed E-state index contributed by atoms with van der Waals surface area (Å²) < 4.78 is 19.0. The van der Waals surface area contributed by atoms with E-state index in [0.717, 1.165) is 6.42 Å². The van der Waals surface area contributed by atoms with Crippen LogP contribution in [0.4, 0.5) is 4.39 Å². The van der Waals surface area contributed by atoms with E-state index in [1.165, 1.54) is 12.3 Å². The number of halogens is 3. The second kappa shape index (κ2) is 5.52. The first-order valence-corrected chi connectivity index (χ1v) is 6.08. The van der Waals surface area contributed by atoms with Gasteiger partial charge in [0.05, 0.1) is 16.8 Å². The Labute approximate surface area is 108 Å². The normalized spacial score (nSPS) is 10.8. The third-order valence-electron chi connectivity index (χ3n) is 2.29. The van der Waals surface area contributed by atoms with Crippen LogP contribution in [0.25, 0.3) is 11.3 Å². The molecule has 0 atom stereocenters. The van der Waals surface area contributed by atoms with Gasteiger partial charge in [-0.15, -0.1) is 11.6 Å². The highest BCUT2D eigenvalue weighted by Crippen LogP contribution is 2.30. The van der Waals surface area contributed by atoms with Gasteiger partial charge in [0.15, 0.2) is 11.7 Å². The van der Waals surface area contributed by atoms with Crippen molar-refractivity contribution in [1.82, 2.24) is 4.98 Å². The van der Waals surface area contributed by atoms with Crippen molar-refractivity contribution in [3.63, 3.8) is 0 Å². The van der Waals surface area contributed by atoms with Crippen molar-refractivity contribution in [3.05, 3.63) is 41.1 Å². The molecular formula is C12H10Cl2FNO. The summed E-state index contributed by atoms with van der Waals surface area (Å²) in [4.78, 5) is 4.06. The van der Waals surface area contributed by atoms with Crippen LogP contribution in [0.5, 0.6) is 0 Å². The van der Waals surface area contributed by atoms with E-state index in [9.17, 15) is 4.39 Å². The van der Waals surface area contributed by atoms with Crippen LogP contribution in [-0.4, -0.2) is 10.9 Å². The maximum atomic E-state index is 13.6. The molecule has 0 N–H and O–H groups in total. The molecule has 90 valence electrons. The predicted molar refractivity (Wildman–Crippen MR) is 65.9 cm³/mol. The molecule has 2 rings (SSSR count). The second-order valence-electron chi connectivity index (χ2n) is 3.51. The maximum absolute atomic E-state index is 13.6. The SMILES string of the molecule is Fc1cccc(Cl)c1-c1cnc(CCCCl)o1. The van der Waals surface area contributed by atoms with Crippen LogP contribution in [0.3, 0.4) is 0 Å². The third-order valence-corrected chi connectivity index (χ3v) is 2.87. The highest BCUT2D eigenvalue weighted by Gasteiger charge is 2.14. The molecule has 2 nitrogen and oxygen atoms in total. The van der Waals surface area contributed by atoms with Gasteiger partial charge in [-0.1, -0.05) is 17.7 Å². The van der Waals surface area contributed by atoms with E-state index >= 15 is 0 Å². The van der Waals surface area contributed by atoms with E-state index < -0.39 is 5.82 Å². The van der Waals surface area contributed by atoms with Crippen LogP contribution in [0, 0.1) is 5.82 Å². The molecule has 1 aromatic heterocycles. The fourth-order valence-corrected chi connectivity index (χ4v) is 1.88. The number of rotatable bonds is 4. The number of alkyl halides is 1. The smallest absolute Gasteiger partial charge is 0.194 e. The van der Waals surface area contributed by atoms with Gasteiger partial charge in [-0.05, 0) is 18.6 Å². The molecule has 0 spiro atoms. The summed E-state index contributed by atoms with van der Waals surface area (Å²) >= 11 is 11.5. The van der Waals surface area contributed by atoms with Crippen molar-refractivity contribution >= 4 is 23.2 Å². The fourth-order valence-electron chi connectivity index (χ4n) is 1.49. The number of hydrogen-bond acceptors (Lipinski definition) is 2. The van der Waals surface area contributed by atoms with Crippen LogP contribution in [0.2, 0.25) is 5.02 Å². The number of aromatic nitrogens is 1. The molecule has 0 amide bonds. The molecule has 0 saturated heterocycles. The van der Waals surface area contributed by atoms with Gasteiger partial charge in [-0.3, -0.25) is 0 Å². The Bertz CT molecular complexity index is 493. The summed E-state index contributed by atoms with van der Waals surface area (Å²) in [6.07, 6.45) is 2.88. The fraction of sp³-hybridized carbons (Fsp3) is 0.250. The molecular weight excluding hydrogens is 264 g/mol. The minimum absolute atomic E-state index is 0.249. The summed E-state index contributed by atoms with van der Waals surface area (Å²) in [5.41, 5.74) is 0.249. The first-order valence-electron chi connectivity index (χ1n) is 5.17. The number of nitrogens with zero attached hydrogens (tertiary/aromatic N) is 1. The van der Waals surface area contributed by atoms with Crippen molar-refractivity contribution in [1.29, 1.82) is 0 Å². The van der Waals surface area contributed by atoms with E-state index in [1.54, 1.807) is 12.1 Å². The van der Waals surface area contributed by atoms with Gasteiger partial charge in [0.25, 0.3) is 0 Å². The highest BCUT2D eigenvalue weighted by atomic mass is 35.5. The molecule has 0 saturated carbocycles. The van der Waals surface area contributed by atoms with Crippen LogP contribution >= 0.6 is 23.2 Å². The molecule has 5 heteroatoms. The molecule has 0 fully saturated rings. The topological polar surface area (TPSA) is 26.0 Å². The lowest BCUT2D eigenvalue weighted by molar-refractivity contribution is 0.499. The van der Waals surface area contributed by atoms with Gasteiger partial charge in [-0.2, -0.15) is 0 Å². The summed E-state index contributed by atoms with van der Waals surface area (Å²) in [7, 11) is 0. The summed E-state index contributed by atoms with van der Waals surface area (Å²) in [5.74, 6) is 1.01. The van der Waals surface area contributed by atoms with Crippen LogP contribution in [0.1, 0.15) is 12.3 Å². The molecule has 1 heterocycles. The molecule has 2 aromatic rings.